The van der Waals surface area contributed by atoms with Gasteiger partial charge in [-0.15, -0.1) is 0 Å². The minimum Gasteiger partial charge on any atom is -0.481 e. The molecule has 2 N–H and O–H groups in total. The zero-order chi connectivity index (χ0) is 38.9. The fraction of sp³-hybridized carbons (Fsp3) is 0.593. The van der Waals surface area contributed by atoms with Crippen LogP contribution in [0.1, 0.15) is 72.1 Å². The summed E-state index contributed by atoms with van der Waals surface area (Å²) < 4.78 is 39.9. The maximum atomic E-state index is 11.3. The minimum absolute atomic E-state index is 0.258. The number of halogens is 1. The molecule has 0 atom stereocenters. The number of carboxylic acids is 2. The number of hydrogen-bond acceptors (Lipinski definition) is 20. The van der Waals surface area contributed by atoms with Gasteiger partial charge in [-0.05, 0) is 15.9 Å². The average Bonchev–Trinajstić information content (AvgIpc) is 3.01. The maximum Gasteiger partial charge on any atom is 0.309 e. The molecule has 0 aromatic carbocycles. The van der Waals surface area contributed by atoms with Crippen LogP contribution in [0, 0.1) is 0 Å². The quantitative estimate of drug-likeness (QED) is 0.0686. The molecule has 0 amide bonds. The summed E-state index contributed by atoms with van der Waals surface area (Å²) in [7, 11) is 0. The van der Waals surface area contributed by atoms with Crippen LogP contribution in [0.4, 0.5) is 0 Å². The van der Waals surface area contributed by atoms with E-state index in [-0.39, 0.29) is 57.3 Å². The highest BCUT2D eigenvalue weighted by molar-refractivity contribution is 9.09. The summed E-state index contributed by atoms with van der Waals surface area (Å²) in [6.45, 7) is 1.20. The summed E-state index contributed by atoms with van der Waals surface area (Å²) in [5.74, 6) is -8.61. The van der Waals surface area contributed by atoms with E-state index in [1.807, 2.05) is 0 Å². The molecule has 0 saturated carbocycles. The molecule has 22 nitrogen and oxygen atoms in total. The fourth-order valence-corrected chi connectivity index (χ4v) is 2.34. The topological polar surface area (TPSA) is 311 Å². The summed E-state index contributed by atoms with van der Waals surface area (Å²) >= 11 is 2.91. The monoisotopic (exact) mass is 792 g/mol. The molecule has 50 heavy (non-hydrogen) atoms. The van der Waals surface area contributed by atoms with Gasteiger partial charge in [-0.2, -0.15) is 0 Å². The van der Waals surface area contributed by atoms with Crippen LogP contribution in [0.2, 0.25) is 0 Å². The van der Waals surface area contributed by atoms with Crippen LogP contribution in [-0.2, 0) is 95.4 Å². The predicted molar refractivity (Wildman–Crippen MR) is 157 cm³/mol. The van der Waals surface area contributed by atoms with E-state index in [1.54, 1.807) is 0 Å². The Morgan fingerprint density at radius 1 is 0.360 bits per heavy atom. The number of carboxylic acid groups (broad SMARTS) is 2. The van der Waals surface area contributed by atoms with Gasteiger partial charge in [-0.25, -0.2) is 0 Å². The van der Waals surface area contributed by atoms with Crippen molar-refractivity contribution in [3.63, 3.8) is 0 Å². The molecule has 0 bridgehead atoms. The number of esters is 9. The second kappa shape index (κ2) is 32.2. The van der Waals surface area contributed by atoms with Gasteiger partial charge in [0.05, 0.1) is 51.4 Å². The van der Waals surface area contributed by atoms with Crippen LogP contribution in [0.15, 0.2) is 0 Å². The standard InChI is InChI=1S/C15H20O12.C9H12O8.C3H5BrO2/c1-10(16)22-7-24-12(18)3-5-14(20)26-9-27-15(21)6-4-13(19)25-8-23-11(2)17;10-6(11)1-3-8(14)16-5-17-9(15)4-2-7(12)13;1-3(5)6-2-4/h3-9H2,1-2H3;1-5H2,(H,10,11)(H,12,13);2H2,1H3. The molecular formula is C27H37BrO22. The molecule has 0 aliphatic heterocycles. The second-order valence-corrected chi connectivity index (χ2v) is 8.83. The lowest BCUT2D eigenvalue weighted by atomic mass is 10.3. The zero-order valence-electron chi connectivity index (χ0n) is 27.1. The van der Waals surface area contributed by atoms with Gasteiger partial charge in [0.1, 0.15) is 5.52 Å². The van der Waals surface area contributed by atoms with E-state index < -0.39 is 86.9 Å². The average molecular weight is 793 g/mol. The van der Waals surface area contributed by atoms with Gasteiger partial charge in [-0.1, -0.05) is 0 Å². The largest absolute Gasteiger partial charge is 0.481 e. The maximum absolute atomic E-state index is 11.3. The highest BCUT2D eigenvalue weighted by Crippen LogP contribution is 2.00. The first-order valence-corrected chi connectivity index (χ1v) is 14.8. The summed E-state index contributed by atoms with van der Waals surface area (Å²) in [6.07, 6.45) is -2.68. The summed E-state index contributed by atoms with van der Waals surface area (Å²) in [5, 5.41) is 16.5. The molecule has 0 saturated heterocycles. The molecule has 0 spiro atoms. The third-order valence-corrected chi connectivity index (χ3v) is 4.48. The van der Waals surface area contributed by atoms with Crippen molar-refractivity contribution in [2.45, 2.75) is 72.1 Å². The fourth-order valence-electron chi connectivity index (χ4n) is 2.01. The predicted octanol–water partition coefficient (Wildman–Crippen LogP) is 0.380. The summed E-state index contributed by atoms with van der Waals surface area (Å²) in [6, 6.07) is 0. The van der Waals surface area contributed by atoms with Crippen LogP contribution in [0.25, 0.3) is 0 Å². The van der Waals surface area contributed by atoms with Crippen molar-refractivity contribution in [3.05, 3.63) is 0 Å². The van der Waals surface area contributed by atoms with Crippen LogP contribution >= 0.6 is 15.9 Å². The number of carbonyl (C=O) groups is 11. The van der Waals surface area contributed by atoms with Crippen molar-refractivity contribution in [2.75, 3.05) is 32.7 Å². The Kier molecular flexibility index (Phi) is 31.6. The van der Waals surface area contributed by atoms with E-state index in [1.165, 1.54) is 6.92 Å². The van der Waals surface area contributed by atoms with E-state index in [2.05, 4.69) is 58.6 Å². The van der Waals surface area contributed by atoms with E-state index in [9.17, 15) is 52.7 Å². The zero-order valence-corrected chi connectivity index (χ0v) is 28.7. The summed E-state index contributed by atoms with van der Waals surface area (Å²) in [5.41, 5.74) is 0.294. The van der Waals surface area contributed by atoms with Gasteiger partial charge in [0.2, 0.25) is 27.2 Å². The van der Waals surface area contributed by atoms with Gasteiger partial charge >= 0.3 is 65.7 Å². The van der Waals surface area contributed by atoms with Crippen molar-refractivity contribution >= 4 is 81.6 Å². The number of ether oxygens (including phenoxy) is 9. The van der Waals surface area contributed by atoms with E-state index in [0.717, 1.165) is 13.8 Å². The molecule has 0 unspecified atom stereocenters. The number of rotatable bonds is 21. The van der Waals surface area contributed by atoms with Gasteiger partial charge in [0, 0.05) is 20.8 Å². The number of carbonyl (C=O) groups excluding carboxylic acids is 9. The van der Waals surface area contributed by atoms with E-state index >= 15 is 0 Å². The first kappa shape index (κ1) is 49.0. The number of hydrogen-bond donors (Lipinski definition) is 2. The molecule has 0 heterocycles. The lowest BCUT2D eigenvalue weighted by Gasteiger charge is -2.07. The smallest absolute Gasteiger partial charge is 0.309 e. The molecule has 0 rings (SSSR count). The SMILES string of the molecule is CC(=O)OCBr.CC(=O)OCOC(=O)CCC(=O)OCOC(=O)CCC(=O)OCOC(C)=O.O=C(O)CCC(=O)OCOC(=O)CCC(=O)O. The Labute approximate surface area is 291 Å². The second-order valence-electron chi connectivity index (χ2n) is 8.37. The van der Waals surface area contributed by atoms with E-state index in [0.29, 0.717) is 5.52 Å². The third-order valence-electron chi connectivity index (χ3n) is 4.25. The van der Waals surface area contributed by atoms with Crippen LogP contribution < -0.4 is 0 Å². The Morgan fingerprint density at radius 3 is 0.720 bits per heavy atom. The molecular weight excluding hydrogens is 756 g/mol. The highest BCUT2D eigenvalue weighted by Gasteiger charge is 2.13. The Bertz CT molecular complexity index is 1070. The molecule has 0 fully saturated rings. The Morgan fingerprint density at radius 2 is 0.560 bits per heavy atom. The molecule has 23 heteroatoms. The van der Waals surface area contributed by atoms with Gasteiger partial charge in [0.15, 0.2) is 0 Å². The molecule has 0 aromatic heterocycles. The summed E-state index contributed by atoms with van der Waals surface area (Å²) in [4.78, 5) is 118. The molecule has 0 aliphatic rings. The third kappa shape index (κ3) is 42.6. The molecule has 284 valence electrons. The molecule has 0 aromatic rings. The van der Waals surface area contributed by atoms with E-state index in [4.69, 9.17) is 10.2 Å². The molecule has 0 radical (unpaired) electrons. The van der Waals surface area contributed by atoms with Gasteiger partial charge in [-0.3, -0.25) is 52.7 Å². The first-order valence-electron chi connectivity index (χ1n) is 13.7. The number of alkyl halides is 1. The van der Waals surface area contributed by atoms with Crippen molar-refractivity contribution in [1.29, 1.82) is 0 Å². The Hall–Kier alpha value is -5.35. The van der Waals surface area contributed by atoms with Crippen LogP contribution in [0.5, 0.6) is 0 Å². The Balaban J connectivity index is -0.000000813. The van der Waals surface area contributed by atoms with Gasteiger partial charge < -0.3 is 52.8 Å². The highest BCUT2D eigenvalue weighted by atomic mass is 79.9. The molecule has 0 aliphatic carbocycles. The number of aliphatic carboxylic acids is 2. The normalized spacial score (nSPS) is 9.28. The van der Waals surface area contributed by atoms with Crippen molar-refractivity contribution in [3.8, 4) is 0 Å². The minimum atomic E-state index is -1.14. The van der Waals surface area contributed by atoms with Crippen molar-refractivity contribution < 1.29 is 106 Å². The van der Waals surface area contributed by atoms with Crippen molar-refractivity contribution in [1.82, 2.24) is 0 Å². The van der Waals surface area contributed by atoms with Crippen LogP contribution in [-0.4, -0.2) is 109 Å². The first-order chi connectivity index (χ1) is 23.4. The van der Waals surface area contributed by atoms with Crippen LogP contribution in [0.3, 0.4) is 0 Å². The lowest BCUT2D eigenvalue weighted by Crippen LogP contribution is -2.16. The lowest BCUT2D eigenvalue weighted by molar-refractivity contribution is -0.173. The van der Waals surface area contributed by atoms with Gasteiger partial charge in [0.25, 0.3) is 0 Å². The van der Waals surface area contributed by atoms with Crippen molar-refractivity contribution in [2.24, 2.45) is 0 Å².